The van der Waals surface area contributed by atoms with Crippen molar-refractivity contribution in [3.63, 3.8) is 0 Å². The molecule has 1 rings (SSSR count). The zero-order chi connectivity index (χ0) is 15.7. The molecule has 0 radical (unpaired) electrons. The fourth-order valence-electron chi connectivity index (χ4n) is 1.68. The fourth-order valence-corrected chi connectivity index (χ4v) is 1.68. The van der Waals surface area contributed by atoms with Gasteiger partial charge in [0.2, 0.25) is 5.91 Å². The second-order valence-electron chi connectivity index (χ2n) is 4.24. The molecule has 5 nitrogen and oxygen atoms in total. The van der Waals surface area contributed by atoms with E-state index in [4.69, 9.17) is 10.8 Å². The van der Waals surface area contributed by atoms with E-state index in [9.17, 15) is 22.8 Å². The van der Waals surface area contributed by atoms with E-state index in [1.165, 1.54) is 7.05 Å². The Kier molecular flexibility index (Phi) is 4.26. The molecule has 0 heterocycles. The minimum Gasteiger partial charge on any atom is -0.478 e. The molecule has 20 heavy (non-hydrogen) atoms. The Morgan fingerprint density at radius 3 is 2.30 bits per heavy atom. The van der Waals surface area contributed by atoms with Crippen LogP contribution in [0.1, 0.15) is 22.8 Å². The summed E-state index contributed by atoms with van der Waals surface area (Å²) in [5.74, 6) is -1.89. The third-order valence-corrected chi connectivity index (χ3v) is 2.71. The summed E-state index contributed by atoms with van der Waals surface area (Å²) in [6, 6.07) is 1.91. The molecule has 0 unspecified atom stereocenters. The molecule has 8 heteroatoms. The number of halogens is 3. The Bertz CT molecular complexity index is 556. The molecule has 1 amide bonds. The first-order valence-electron chi connectivity index (χ1n) is 5.49. The van der Waals surface area contributed by atoms with Crippen LogP contribution in [-0.2, 0) is 11.2 Å². The third kappa shape index (κ3) is 3.62. The van der Waals surface area contributed by atoms with Gasteiger partial charge in [0.15, 0.2) is 0 Å². The maximum atomic E-state index is 12.5. The topological polar surface area (TPSA) is 83.6 Å². The highest BCUT2D eigenvalue weighted by Gasteiger charge is 2.30. The predicted octanol–water partition coefficient (Wildman–Crippen LogP) is 2.05. The molecule has 0 aromatic heterocycles. The molecule has 0 saturated carbocycles. The van der Waals surface area contributed by atoms with Gasteiger partial charge in [-0.05, 0) is 17.7 Å². The van der Waals surface area contributed by atoms with Crippen LogP contribution in [0.3, 0.4) is 0 Å². The Hall–Kier alpha value is -2.25. The number of hydrogen-bond donors (Lipinski definition) is 2. The van der Waals surface area contributed by atoms with Crippen LogP contribution in [0.15, 0.2) is 12.1 Å². The maximum Gasteiger partial charge on any atom is 0.393 e. The zero-order valence-electron chi connectivity index (χ0n) is 10.8. The molecule has 0 fully saturated rings. The summed E-state index contributed by atoms with van der Waals surface area (Å²) in [4.78, 5) is 23.2. The monoisotopic (exact) mass is 290 g/mol. The van der Waals surface area contributed by atoms with Gasteiger partial charge in [0.25, 0.3) is 0 Å². The summed E-state index contributed by atoms with van der Waals surface area (Å²) >= 11 is 0. The number of nitrogens with zero attached hydrogens (tertiary/aromatic N) is 1. The maximum absolute atomic E-state index is 12.5. The first kappa shape index (κ1) is 15.8. The van der Waals surface area contributed by atoms with Gasteiger partial charge < -0.3 is 15.7 Å². The van der Waals surface area contributed by atoms with Gasteiger partial charge in [-0.3, -0.25) is 4.79 Å². The van der Waals surface area contributed by atoms with Crippen LogP contribution in [0.5, 0.6) is 0 Å². The van der Waals surface area contributed by atoms with E-state index < -0.39 is 24.5 Å². The minimum atomic E-state index is -4.50. The van der Waals surface area contributed by atoms with Crippen molar-refractivity contribution < 1.29 is 27.9 Å². The number of hydrogen-bond acceptors (Lipinski definition) is 3. The molecule has 0 saturated heterocycles. The third-order valence-electron chi connectivity index (χ3n) is 2.71. The lowest BCUT2D eigenvalue weighted by Gasteiger charge is -2.21. The molecule has 0 spiro atoms. The first-order chi connectivity index (χ1) is 9.03. The van der Waals surface area contributed by atoms with Crippen molar-refractivity contribution in [2.24, 2.45) is 0 Å². The summed E-state index contributed by atoms with van der Waals surface area (Å²) in [5, 5.41) is 8.93. The molecule has 3 N–H and O–H groups in total. The number of aromatic carboxylic acids is 1. The highest BCUT2D eigenvalue weighted by atomic mass is 19.4. The quantitative estimate of drug-likeness (QED) is 0.834. The van der Waals surface area contributed by atoms with Crippen LogP contribution in [0.25, 0.3) is 0 Å². The summed E-state index contributed by atoms with van der Waals surface area (Å²) in [5.41, 5.74) is 4.43. The van der Waals surface area contributed by atoms with E-state index in [0.29, 0.717) is 0 Å². The van der Waals surface area contributed by atoms with E-state index in [2.05, 4.69) is 0 Å². The molecular weight excluding hydrogens is 277 g/mol. The molecule has 1 aromatic carbocycles. The number of nitrogen functional groups attached to an aromatic ring is 1. The Labute approximate surface area is 112 Å². The number of carbonyl (C=O) groups is 2. The summed E-state index contributed by atoms with van der Waals surface area (Å²) < 4.78 is 37.5. The number of carboxylic acid groups (broad SMARTS) is 1. The molecule has 0 bridgehead atoms. The van der Waals surface area contributed by atoms with Gasteiger partial charge in [0.1, 0.15) is 0 Å². The van der Waals surface area contributed by atoms with Crippen molar-refractivity contribution >= 4 is 23.3 Å². The number of rotatable bonds is 3. The molecule has 0 aliphatic rings. The number of carboxylic acids is 1. The lowest BCUT2D eigenvalue weighted by atomic mass is 10.0. The number of anilines is 2. The SMILES string of the molecule is CC(=O)N(C)c1cc(C(=O)O)c(N)cc1CC(F)(F)F. The second-order valence-corrected chi connectivity index (χ2v) is 4.24. The van der Waals surface area contributed by atoms with Crippen LogP contribution in [0.4, 0.5) is 24.5 Å². The lowest BCUT2D eigenvalue weighted by Crippen LogP contribution is -2.26. The molecule has 0 aliphatic carbocycles. The zero-order valence-corrected chi connectivity index (χ0v) is 10.8. The van der Waals surface area contributed by atoms with Gasteiger partial charge in [0, 0.05) is 25.3 Å². The normalized spacial score (nSPS) is 11.2. The van der Waals surface area contributed by atoms with Gasteiger partial charge in [0.05, 0.1) is 12.0 Å². The molecule has 0 aliphatic heterocycles. The van der Waals surface area contributed by atoms with Crippen LogP contribution >= 0.6 is 0 Å². The molecule has 0 atom stereocenters. The van der Waals surface area contributed by atoms with Crippen molar-refractivity contribution in [1.29, 1.82) is 0 Å². The van der Waals surface area contributed by atoms with E-state index >= 15 is 0 Å². The fraction of sp³-hybridized carbons (Fsp3) is 0.333. The van der Waals surface area contributed by atoms with Crippen LogP contribution in [-0.4, -0.2) is 30.2 Å². The van der Waals surface area contributed by atoms with E-state index in [1.54, 1.807) is 0 Å². The predicted molar refractivity (Wildman–Crippen MR) is 66.7 cm³/mol. The number of benzene rings is 1. The van der Waals surface area contributed by atoms with Crippen LogP contribution in [0.2, 0.25) is 0 Å². The van der Waals surface area contributed by atoms with E-state index in [1.807, 2.05) is 0 Å². The Morgan fingerprint density at radius 2 is 1.90 bits per heavy atom. The van der Waals surface area contributed by atoms with Crippen molar-refractivity contribution in [3.8, 4) is 0 Å². The first-order valence-corrected chi connectivity index (χ1v) is 5.49. The standard InChI is InChI=1S/C12H13F3N2O3/c1-6(18)17(2)10-4-8(11(19)20)9(16)3-7(10)5-12(13,14)15/h3-4H,5,16H2,1-2H3,(H,19,20). The van der Waals surface area contributed by atoms with E-state index in [-0.39, 0.29) is 22.5 Å². The molecule has 110 valence electrons. The average molecular weight is 290 g/mol. The average Bonchev–Trinajstić information content (AvgIpc) is 2.25. The van der Waals surface area contributed by atoms with E-state index in [0.717, 1.165) is 24.0 Å². The van der Waals surface area contributed by atoms with Gasteiger partial charge in [-0.15, -0.1) is 0 Å². The van der Waals surface area contributed by atoms with Crippen molar-refractivity contribution in [2.75, 3.05) is 17.7 Å². The summed E-state index contributed by atoms with van der Waals surface area (Å²) in [6.07, 6.45) is -5.80. The van der Waals surface area contributed by atoms with Crippen molar-refractivity contribution in [3.05, 3.63) is 23.3 Å². The van der Waals surface area contributed by atoms with Crippen molar-refractivity contribution in [2.45, 2.75) is 19.5 Å². The number of nitrogens with two attached hydrogens (primary N) is 1. The Morgan fingerprint density at radius 1 is 1.35 bits per heavy atom. The minimum absolute atomic E-state index is 0.124. The highest BCUT2D eigenvalue weighted by Crippen LogP contribution is 2.31. The Balaban J connectivity index is 3.45. The van der Waals surface area contributed by atoms with Crippen molar-refractivity contribution in [1.82, 2.24) is 0 Å². The van der Waals surface area contributed by atoms with Gasteiger partial charge in [-0.2, -0.15) is 13.2 Å². The van der Waals surface area contributed by atoms with Gasteiger partial charge >= 0.3 is 12.1 Å². The largest absolute Gasteiger partial charge is 0.478 e. The number of amides is 1. The number of alkyl halides is 3. The van der Waals surface area contributed by atoms with Crippen LogP contribution in [0, 0.1) is 0 Å². The summed E-state index contributed by atoms with van der Waals surface area (Å²) in [7, 11) is 1.26. The van der Waals surface area contributed by atoms with Crippen LogP contribution < -0.4 is 10.6 Å². The highest BCUT2D eigenvalue weighted by molar-refractivity contribution is 5.98. The van der Waals surface area contributed by atoms with Gasteiger partial charge in [-0.1, -0.05) is 0 Å². The second kappa shape index (κ2) is 5.40. The molecular formula is C12H13F3N2O3. The smallest absolute Gasteiger partial charge is 0.393 e. The van der Waals surface area contributed by atoms with Gasteiger partial charge in [-0.25, -0.2) is 4.79 Å². The number of carbonyl (C=O) groups excluding carboxylic acids is 1. The summed E-state index contributed by atoms with van der Waals surface area (Å²) in [6.45, 7) is 1.16. The molecule has 1 aromatic rings. The lowest BCUT2D eigenvalue weighted by molar-refractivity contribution is -0.127.